The molecule has 1 aliphatic rings. The van der Waals surface area contributed by atoms with Gasteiger partial charge in [0.1, 0.15) is 6.33 Å². The summed E-state index contributed by atoms with van der Waals surface area (Å²) in [6.07, 6.45) is 9.07. The van der Waals surface area contributed by atoms with E-state index in [0.29, 0.717) is 0 Å². The Morgan fingerprint density at radius 1 is 0.923 bits per heavy atom. The molecule has 2 aromatic heterocycles. The molecule has 6 heteroatoms. The molecule has 52 heavy (non-hydrogen) atoms. The van der Waals surface area contributed by atoms with E-state index in [-0.39, 0.29) is 59.7 Å². The quantitative estimate of drug-likeness (QED) is 0.0957. The Bertz CT molecular complexity index is 2090. The van der Waals surface area contributed by atoms with Crippen molar-refractivity contribution in [1.82, 2.24) is 9.97 Å². The van der Waals surface area contributed by atoms with Crippen molar-refractivity contribution < 1.29 is 30.0 Å². The van der Waals surface area contributed by atoms with Crippen molar-refractivity contribution >= 4 is 48.2 Å². The Morgan fingerprint density at radius 3 is 2.15 bits per heavy atom. The van der Waals surface area contributed by atoms with Crippen LogP contribution in [0.25, 0.3) is 42.3 Å². The number of hydrogen-bond acceptors (Lipinski definition) is 5. The molecule has 0 saturated heterocycles. The third-order valence-corrected chi connectivity index (χ3v) is 12.6. The fraction of sp³-hybridized carbons (Fsp3) is 0.500. The van der Waals surface area contributed by atoms with Gasteiger partial charge in [-0.25, -0.2) is 4.98 Å². The maximum Gasteiger partial charge on any atom is 0.162 e. The van der Waals surface area contributed by atoms with Gasteiger partial charge in [0.2, 0.25) is 0 Å². The molecule has 0 amide bonds. The Balaban J connectivity index is 0.000000323. The maximum absolute atomic E-state index is 11.7. The van der Waals surface area contributed by atoms with Crippen molar-refractivity contribution in [3.63, 3.8) is 0 Å². The van der Waals surface area contributed by atoms with E-state index in [2.05, 4.69) is 97.9 Å². The third-order valence-electron chi connectivity index (χ3n) is 11.4. The number of nitrogens with zero attached hydrogens (tertiary/aromatic N) is 2. The molecule has 2 heterocycles. The summed E-state index contributed by atoms with van der Waals surface area (Å²) < 4.78 is 2.57. The number of rotatable bonds is 8. The molecule has 0 bridgehead atoms. The number of carbonyl (C=O) groups excluding carboxylic acids is 1. The van der Waals surface area contributed by atoms with E-state index in [1.54, 1.807) is 6.33 Å². The number of thiophene rings is 1. The smallest absolute Gasteiger partial charge is 0.162 e. The van der Waals surface area contributed by atoms with Gasteiger partial charge in [-0.3, -0.25) is 9.78 Å². The van der Waals surface area contributed by atoms with E-state index in [1.807, 2.05) is 39.0 Å². The number of aliphatic hydroxyl groups is 1. The van der Waals surface area contributed by atoms with Gasteiger partial charge in [0, 0.05) is 58.5 Å². The first kappa shape index (κ1) is 41.8. The SMILES string of the molecule is CCC(CC)C(=O)/C=C(\O)C(CC)CC.Cc1cc2c(c3sc4c(-c5[c-]c6ccccc6c(C(C)(C)C)c5)ncnc4c13)C(C)(C)CCC2(C)C.[Ir]. The van der Waals surface area contributed by atoms with Crippen LogP contribution in [0.3, 0.4) is 0 Å². The molecule has 5 aromatic rings. The second kappa shape index (κ2) is 16.2. The zero-order valence-corrected chi connectivity index (χ0v) is 36.7. The number of aryl methyl sites for hydroxylation is 1. The predicted octanol–water partition coefficient (Wildman–Crippen LogP) is 13.3. The minimum Gasteiger partial charge on any atom is -0.512 e. The summed E-state index contributed by atoms with van der Waals surface area (Å²) in [5.41, 5.74) is 9.16. The zero-order chi connectivity index (χ0) is 37.5. The first-order chi connectivity index (χ1) is 24.0. The van der Waals surface area contributed by atoms with E-state index in [1.165, 1.54) is 61.3 Å². The molecular formula is C46H59IrN2O2S-. The van der Waals surface area contributed by atoms with Crippen LogP contribution in [0.2, 0.25) is 0 Å². The third kappa shape index (κ3) is 8.10. The molecule has 0 saturated carbocycles. The van der Waals surface area contributed by atoms with E-state index in [4.69, 9.17) is 9.97 Å². The molecular weight excluding hydrogens is 837 g/mol. The Morgan fingerprint density at radius 2 is 1.54 bits per heavy atom. The zero-order valence-electron chi connectivity index (χ0n) is 33.5. The molecule has 0 atom stereocenters. The monoisotopic (exact) mass is 896 g/mol. The molecule has 1 radical (unpaired) electrons. The van der Waals surface area contributed by atoms with Gasteiger partial charge >= 0.3 is 0 Å². The Kier molecular flexibility index (Phi) is 13.0. The molecule has 0 spiro atoms. The standard InChI is InChI=1S/C33H35N2S.C13H24O2.Ir/c1-19-15-24-26(33(7,8)14-13-32(24,5)6)29-25(19)28-30(36-29)27(34-18-35-28)21-16-20-11-9-10-12-22(20)23(17-21)31(2,3)4;1-5-10(6-2)12(14)9-13(15)11(7-3)8-4;/h9-12,15,17-18H,13-14H2,1-8H3;9-11,14H,5-8H2,1-4H3;/q-1;;/b;12-9-;. The molecule has 281 valence electrons. The molecule has 0 aliphatic heterocycles. The van der Waals surface area contributed by atoms with E-state index >= 15 is 0 Å². The summed E-state index contributed by atoms with van der Waals surface area (Å²) >= 11 is 1.89. The van der Waals surface area contributed by atoms with Crippen LogP contribution in [0.1, 0.15) is 137 Å². The topological polar surface area (TPSA) is 63.1 Å². The minimum absolute atomic E-state index is 0. The second-order valence-electron chi connectivity index (χ2n) is 17.0. The fourth-order valence-corrected chi connectivity index (χ4v) is 9.54. The molecule has 4 nitrogen and oxygen atoms in total. The van der Waals surface area contributed by atoms with Gasteiger partial charge in [0.25, 0.3) is 0 Å². The Hall–Kier alpha value is -2.92. The first-order valence-corrected chi connectivity index (χ1v) is 19.9. The van der Waals surface area contributed by atoms with E-state index in [0.717, 1.165) is 47.8 Å². The number of fused-ring (bicyclic) bond motifs is 6. The van der Waals surface area contributed by atoms with Crippen LogP contribution < -0.4 is 0 Å². The molecule has 0 unspecified atom stereocenters. The van der Waals surface area contributed by atoms with Crippen LogP contribution in [0.4, 0.5) is 0 Å². The van der Waals surface area contributed by atoms with E-state index < -0.39 is 0 Å². The molecule has 3 aromatic carbocycles. The van der Waals surface area contributed by atoms with Gasteiger partial charge in [-0.2, -0.15) is 0 Å². The van der Waals surface area contributed by atoms with E-state index in [9.17, 15) is 9.90 Å². The van der Waals surface area contributed by atoms with Crippen LogP contribution >= 0.6 is 11.3 Å². The second-order valence-corrected chi connectivity index (χ2v) is 18.0. The van der Waals surface area contributed by atoms with Crippen LogP contribution in [0, 0.1) is 24.8 Å². The van der Waals surface area contributed by atoms with Crippen molar-refractivity contribution in [2.75, 3.05) is 0 Å². The van der Waals surface area contributed by atoms with Gasteiger partial charge in [0.15, 0.2) is 5.78 Å². The number of aromatic nitrogens is 2. The maximum atomic E-state index is 11.7. The van der Waals surface area contributed by atoms with Gasteiger partial charge < -0.3 is 5.11 Å². The predicted molar refractivity (Wildman–Crippen MR) is 219 cm³/mol. The summed E-state index contributed by atoms with van der Waals surface area (Å²) in [5.74, 6) is 0.547. The molecule has 1 N–H and O–H groups in total. The largest absolute Gasteiger partial charge is 0.512 e. The average Bonchev–Trinajstić information content (AvgIpc) is 3.47. The minimum atomic E-state index is 0. The van der Waals surface area contributed by atoms with Crippen LogP contribution in [0.15, 0.2) is 54.6 Å². The number of carbonyl (C=O) groups is 1. The molecule has 6 rings (SSSR count). The van der Waals surface area contributed by atoms with Crippen LogP contribution in [-0.4, -0.2) is 20.9 Å². The van der Waals surface area contributed by atoms with Gasteiger partial charge in [-0.1, -0.05) is 111 Å². The Labute approximate surface area is 330 Å². The number of hydrogen-bond donors (Lipinski definition) is 1. The van der Waals surface area contributed by atoms with Crippen molar-refractivity contribution in [1.29, 1.82) is 0 Å². The van der Waals surface area contributed by atoms with Crippen molar-refractivity contribution in [3.8, 4) is 11.3 Å². The molecule has 1 aliphatic carbocycles. The molecule has 0 fully saturated rings. The van der Waals surface area contributed by atoms with Crippen LogP contribution in [-0.2, 0) is 41.1 Å². The fourth-order valence-electron chi connectivity index (χ4n) is 7.97. The number of ketones is 1. The van der Waals surface area contributed by atoms with Crippen molar-refractivity contribution in [3.05, 3.63) is 82.9 Å². The summed E-state index contributed by atoms with van der Waals surface area (Å²) in [7, 11) is 0. The summed E-state index contributed by atoms with van der Waals surface area (Å²) in [4.78, 5) is 21.5. The van der Waals surface area contributed by atoms with Crippen LogP contribution in [0.5, 0.6) is 0 Å². The first-order valence-electron chi connectivity index (χ1n) is 19.1. The summed E-state index contributed by atoms with van der Waals surface area (Å²) in [6, 6.07) is 17.1. The van der Waals surface area contributed by atoms with Gasteiger partial charge in [0.05, 0.1) is 11.3 Å². The van der Waals surface area contributed by atoms with Crippen molar-refractivity contribution in [2.24, 2.45) is 11.8 Å². The number of aliphatic hydroxyl groups excluding tert-OH is 1. The normalized spacial score (nSPS) is 15.5. The average molecular weight is 896 g/mol. The number of allylic oxidation sites excluding steroid dienone is 2. The summed E-state index contributed by atoms with van der Waals surface area (Å²) in [6.45, 7) is 26.8. The van der Waals surface area contributed by atoms with Gasteiger partial charge in [-0.05, 0) is 78.4 Å². The van der Waals surface area contributed by atoms with Gasteiger partial charge in [-0.15, -0.1) is 40.5 Å². The number of benzene rings is 3. The van der Waals surface area contributed by atoms with Crippen molar-refractivity contribution in [2.45, 2.75) is 138 Å². The summed E-state index contributed by atoms with van der Waals surface area (Å²) in [5, 5.41) is 13.5.